The fourth-order valence-corrected chi connectivity index (χ4v) is 2.05. The molecular formula is C18H23NO. The topological polar surface area (TPSA) is 32.3 Å². The molecule has 0 aliphatic carbocycles. The van der Waals surface area contributed by atoms with E-state index in [9.17, 15) is 5.11 Å². The van der Waals surface area contributed by atoms with Gasteiger partial charge in [-0.2, -0.15) is 0 Å². The highest BCUT2D eigenvalue weighted by Crippen LogP contribution is 2.19. The second-order valence-electron chi connectivity index (χ2n) is 5.99. The highest BCUT2D eigenvalue weighted by atomic mass is 16.3. The first-order valence-corrected chi connectivity index (χ1v) is 7.07. The molecule has 0 saturated heterocycles. The molecule has 2 N–H and O–H groups in total. The Hall–Kier alpha value is -1.64. The Bertz CT molecular complexity index is 517. The number of benzene rings is 2. The first kappa shape index (κ1) is 14.8. The van der Waals surface area contributed by atoms with Crippen LogP contribution in [-0.2, 0) is 6.54 Å². The zero-order chi connectivity index (χ0) is 14.4. The van der Waals surface area contributed by atoms with Gasteiger partial charge < -0.3 is 10.4 Å². The second kappa shape index (κ2) is 6.69. The molecule has 2 rings (SSSR count). The lowest BCUT2D eigenvalue weighted by Crippen LogP contribution is -2.31. The minimum atomic E-state index is -0.0655. The Morgan fingerprint density at radius 1 is 0.900 bits per heavy atom. The van der Waals surface area contributed by atoms with Crippen molar-refractivity contribution in [1.82, 2.24) is 5.32 Å². The number of rotatable bonds is 6. The molecule has 0 heterocycles. The highest BCUT2D eigenvalue weighted by molar-refractivity contribution is 5.63. The van der Waals surface area contributed by atoms with Crippen LogP contribution in [-0.4, -0.2) is 18.3 Å². The molecule has 0 aliphatic rings. The molecular weight excluding hydrogens is 246 g/mol. The lowest BCUT2D eigenvalue weighted by Gasteiger charge is -2.22. The first-order chi connectivity index (χ1) is 9.61. The van der Waals surface area contributed by atoms with Crippen LogP contribution in [0.25, 0.3) is 11.1 Å². The van der Waals surface area contributed by atoms with Gasteiger partial charge >= 0.3 is 0 Å². The van der Waals surface area contributed by atoms with Gasteiger partial charge in [0, 0.05) is 25.1 Å². The molecule has 20 heavy (non-hydrogen) atoms. The van der Waals surface area contributed by atoms with E-state index in [1.165, 1.54) is 16.7 Å². The summed E-state index contributed by atoms with van der Waals surface area (Å²) in [5.41, 5.74) is 3.68. The molecule has 106 valence electrons. The maximum Gasteiger partial charge on any atom is 0.0494 e. The van der Waals surface area contributed by atoms with E-state index in [0.29, 0.717) is 0 Å². The van der Waals surface area contributed by atoms with Crippen molar-refractivity contribution in [3.8, 4) is 11.1 Å². The average Bonchev–Trinajstić information content (AvgIpc) is 2.49. The zero-order valence-corrected chi connectivity index (χ0v) is 12.3. The van der Waals surface area contributed by atoms with Crippen LogP contribution in [0, 0.1) is 5.41 Å². The molecule has 2 aromatic rings. The van der Waals surface area contributed by atoms with Crippen molar-refractivity contribution < 1.29 is 5.11 Å². The monoisotopic (exact) mass is 269 g/mol. The fourth-order valence-electron chi connectivity index (χ4n) is 2.05. The second-order valence-corrected chi connectivity index (χ2v) is 5.99. The third-order valence-corrected chi connectivity index (χ3v) is 3.42. The molecule has 2 aromatic carbocycles. The average molecular weight is 269 g/mol. The maximum absolute atomic E-state index is 9.21. The summed E-state index contributed by atoms with van der Waals surface area (Å²) in [6.45, 7) is 5.95. The van der Waals surface area contributed by atoms with E-state index >= 15 is 0 Å². The van der Waals surface area contributed by atoms with E-state index in [-0.39, 0.29) is 12.0 Å². The first-order valence-electron chi connectivity index (χ1n) is 7.07. The van der Waals surface area contributed by atoms with Crippen molar-refractivity contribution in [2.45, 2.75) is 20.4 Å². The predicted molar refractivity (Wildman–Crippen MR) is 84.5 cm³/mol. The van der Waals surface area contributed by atoms with Gasteiger partial charge in [-0.05, 0) is 16.7 Å². The zero-order valence-electron chi connectivity index (χ0n) is 12.3. The van der Waals surface area contributed by atoms with Crippen molar-refractivity contribution in [3.05, 3.63) is 60.2 Å². The SMILES string of the molecule is CC(C)(CO)CNCc1ccc(-c2ccccc2)cc1. The Morgan fingerprint density at radius 2 is 1.50 bits per heavy atom. The molecule has 2 nitrogen and oxygen atoms in total. The minimum absolute atomic E-state index is 0.0655. The van der Waals surface area contributed by atoms with Gasteiger partial charge in [-0.3, -0.25) is 0 Å². The van der Waals surface area contributed by atoms with Gasteiger partial charge in [-0.25, -0.2) is 0 Å². The molecule has 0 aromatic heterocycles. The fraction of sp³-hybridized carbons (Fsp3) is 0.333. The number of nitrogens with one attached hydrogen (secondary N) is 1. The lowest BCUT2D eigenvalue weighted by molar-refractivity contribution is 0.156. The summed E-state index contributed by atoms with van der Waals surface area (Å²) >= 11 is 0. The summed E-state index contributed by atoms with van der Waals surface area (Å²) in [5, 5.41) is 12.6. The van der Waals surface area contributed by atoms with Crippen LogP contribution in [0.15, 0.2) is 54.6 Å². The molecule has 0 spiro atoms. The predicted octanol–water partition coefficient (Wildman–Crippen LogP) is 3.46. The number of hydrogen-bond donors (Lipinski definition) is 2. The largest absolute Gasteiger partial charge is 0.396 e. The van der Waals surface area contributed by atoms with Gasteiger partial charge in [0.25, 0.3) is 0 Å². The summed E-state index contributed by atoms with van der Waals surface area (Å²) in [5.74, 6) is 0. The molecule has 0 bridgehead atoms. The highest BCUT2D eigenvalue weighted by Gasteiger charge is 2.15. The summed E-state index contributed by atoms with van der Waals surface area (Å²) in [4.78, 5) is 0. The van der Waals surface area contributed by atoms with E-state index in [1.54, 1.807) is 0 Å². The molecule has 0 amide bonds. The lowest BCUT2D eigenvalue weighted by atomic mass is 9.95. The molecule has 0 fully saturated rings. The summed E-state index contributed by atoms with van der Waals surface area (Å²) in [6.07, 6.45) is 0. The van der Waals surface area contributed by atoms with E-state index in [1.807, 2.05) is 6.07 Å². The van der Waals surface area contributed by atoms with Gasteiger partial charge in [-0.1, -0.05) is 68.4 Å². The third kappa shape index (κ3) is 4.19. The number of aliphatic hydroxyl groups excluding tert-OH is 1. The Labute approximate surface area is 121 Å². The summed E-state index contributed by atoms with van der Waals surface area (Å²) in [6, 6.07) is 19.0. The van der Waals surface area contributed by atoms with E-state index in [2.05, 4.69) is 67.7 Å². The van der Waals surface area contributed by atoms with Crippen molar-refractivity contribution in [1.29, 1.82) is 0 Å². The number of hydrogen-bond acceptors (Lipinski definition) is 2. The Kier molecular flexibility index (Phi) is 4.94. The van der Waals surface area contributed by atoms with Crippen LogP contribution in [0.3, 0.4) is 0 Å². The van der Waals surface area contributed by atoms with Gasteiger partial charge in [0.1, 0.15) is 0 Å². The maximum atomic E-state index is 9.21. The van der Waals surface area contributed by atoms with E-state index in [0.717, 1.165) is 13.1 Å². The number of aliphatic hydroxyl groups is 1. The van der Waals surface area contributed by atoms with Crippen molar-refractivity contribution in [2.75, 3.05) is 13.2 Å². The molecule has 0 atom stereocenters. The van der Waals surface area contributed by atoms with Crippen LogP contribution < -0.4 is 5.32 Å². The Morgan fingerprint density at radius 3 is 2.10 bits per heavy atom. The smallest absolute Gasteiger partial charge is 0.0494 e. The third-order valence-electron chi connectivity index (χ3n) is 3.42. The minimum Gasteiger partial charge on any atom is -0.396 e. The molecule has 0 saturated carbocycles. The molecule has 0 aliphatic heterocycles. The van der Waals surface area contributed by atoms with Crippen LogP contribution in [0.5, 0.6) is 0 Å². The van der Waals surface area contributed by atoms with Gasteiger partial charge in [0.2, 0.25) is 0 Å². The van der Waals surface area contributed by atoms with Gasteiger partial charge in [-0.15, -0.1) is 0 Å². The van der Waals surface area contributed by atoms with Gasteiger partial charge in [0.05, 0.1) is 0 Å². The van der Waals surface area contributed by atoms with Crippen LogP contribution >= 0.6 is 0 Å². The van der Waals surface area contributed by atoms with Crippen molar-refractivity contribution in [2.24, 2.45) is 5.41 Å². The van der Waals surface area contributed by atoms with E-state index < -0.39 is 0 Å². The standard InChI is InChI=1S/C18H23NO/c1-18(2,14-20)13-19-12-15-8-10-17(11-9-15)16-6-4-3-5-7-16/h3-11,19-20H,12-14H2,1-2H3. The van der Waals surface area contributed by atoms with Crippen LogP contribution in [0.1, 0.15) is 19.4 Å². The van der Waals surface area contributed by atoms with E-state index in [4.69, 9.17) is 0 Å². The van der Waals surface area contributed by atoms with Crippen molar-refractivity contribution in [3.63, 3.8) is 0 Å². The van der Waals surface area contributed by atoms with Crippen LogP contribution in [0.2, 0.25) is 0 Å². The van der Waals surface area contributed by atoms with Crippen LogP contribution in [0.4, 0.5) is 0 Å². The normalized spacial score (nSPS) is 11.6. The van der Waals surface area contributed by atoms with Gasteiger partial charge in [0.15, 0.2) is 0 Å². The Balaban J connectivity index is 1.92. The van der Waals surface area contributed by atoms with Crippen molar-refractivity contribution >= 4 is 0 Å². The molecule has 0 radical (unpaired) electrons. The summed E-state index contributed by atoms with van der Waals surface area (Å²) in [7, 11) is 0. The molecule has 2 heteroatoms. The summed E-state index contributed by atoms with van der Waals surface area (Å²) < 4.78 is 0. The quantitative estimate of drug-likeness (QED) is 0.841. The molecule has 0 unspecified atom stereocenters.